The molecule has 24 heavy (non-hydrogen) atoms. The van der Waals surface area contributed by atoms with Crippen LogP contribution >= 0.6 is 0 Å². The number of nitro benzene ring substituents is 1. The summed E-state index contributed by atoms with van der Waals surface area (Å²) in [7, 11) is 0. The van der Waals surface area contributed by atoms with Crippen LogP contribution in [0.25, 0.3) is 0 Å². The van der Waals surface area contributed by atoms with Gasteiger partial charge in [0.1, 0.15) is 0 Å². The summed E-state index contributed by atoms with van der Waals surface area (Å²) in [6.07, 6.45) is 6.45. The van der Waals surface area contributed by atoms with Gasteiger partial charge in [-0.05, 0) is 36.0 Å². The molecule has 1 aliphatic heterocycles. The molecule has 0 bridgehead atoms. The van der Waals surface area contributed by atoms with Crippen LogP contribution in [0.15, 0.2) is 54.6 Å². The first kappa shape index (κ1) is 14.9. The summed E-state index contributed by atoms with van der Waals surface area (Å²) >= 11 is 0. The summed E-state index contributed by atoms with van der Waals surface area (Å²) in [4.78, 5) is 11.2. The van der Waals surface area contributed by atoms with Gasteiger partial charge in [0.05, 0.1) is 16.5 Å². The lowest BCUT2D eigenvalue weighted by molar-refractivity contribution is -0.385. The molecule has 0 amide bonds. The van der Waals surface area contributed by atoms with Gasteiger partial charge in [-0.15, -0.1) is 0 Å². The Morgan fingerprint density at radius 3 is 2.83 bits per heavy atom. The van der Waals surface area contributed by atoms with Crippen molar-refractivity contribution in [3.63, 3.8) is 0 Å². The molecule has 0 radical (unpaired) electrons. The van der Waals surface area contributed by atoms with Crippen LogP contribution < -0.4 is 5.32 Å². The molecule has 2 aliphatic rings. The predicted molar refractivity (Wildman–Crippen MR) is 95.3 cm³/mol. The fourth-order valence-electron chi connectivity index (χ4n) is 4.09. The van der Waals surface area contributed by atoms with E-state index < -0.39 is 0 Å². The molecule has 3 atom stereocenters. The zero-order valence-corrected chi connectivity index (χ0v) is 13.6. The molecule has 2 aromatic rings. The first-order chi connectivity index (χ1) is 11.7. The summed E-state index contributed by atoms with van der Waals surface area (Å²) in [6.45, 7) is 2.16. The van der Waals surface area contributed by atoms with Crippen molar-refractivity contribution in [3.8, 4) is 0 Å². The van der Waals surface area contributed by atoms with Crippen molar-refractivity contribution in [2.45, 2.75) is 31.7 Å². The van der Waals surface area contributed by atoms with Crippen LogP contribution in [-0.2, 0) is 6.42 Å². The fourth-order valence-corrected chi connectivity index (χ4v) is 4.09. The number of anilines is 1. The first-order valence-corrected chi connectivity index (χ1v) is 8.48. The molecule has 4 rings (SSSR count). The van der Waals surface area contributed by atoms with E-state index >= 15 is 0 Å². The molecular weight excluding hydrogens is 300 g/mol. The van der Waals surface area contributed by atoms with E-state index in [9.17, 15) is 10.1 Å². The minimum absolute atomic E-state index is 0.0356. The van der Waals surface area contributed by atoms with Crippen LogP contribution in [0.3, 0.4) is 0 Å². The Morgan fingerprint density at radius 1 is 1.21 bits per heavy atom. The maximum Gasteiger partial charge on any atom is 0.274 e. The maximum absolute atomic E-state index is 11.4. The summed E-state index contributed by atoms with van der Waals surface area (Å²) in [5, 5.41) is 15.0. The largest absolute Gasteiger partial charge is 0.377 e. The zero-order valence-electron chi connectivity index (χ0n) is 13.6. The van der Waals surface area contributed by atoms with Gasteiger partial charge in [0, 0.05) is 17.7 Å². The lowest BCUT2D eigenvalue weighted by Crippen LogP contribution is -2.29. The minimum Gasteiger partial charge on any atom is -0.377 e. The SMILES string of the molecule is CCc1ccc2c(c1)[C@@H]1C=CC[C@@H]1[C@@H](c1ccccc1[N+](=O)[O-])N2. The van der Waals surface area contributed by atoms with E-state index in [4.69, 9.17) is 0 Å². The Morgan fingerprint density at radius 2 is 2.04 bits per heavy atom. The average Bonchev–Trinajstić information content (AvgIpc) is 3.10. The van der Waals surface area contributed by atoms with Gasteiger partial charge in [0.15, 0.2) is 0 Å². The number of nitrogens with one attached hydrogen (secondary N) is 1. The van der Waals surface area contributed by atoms with E-state index in [1.807, 2.05) is 12.1 Å². The monoisotopic (exact) mass is 320 g/mol. The van der Waals surface area contributed by atoms with E-state index in [-0.39, 0.29) is 16.7 Å². The van der Waals surface area contributed by atoms with Crippen LogP contribution in [0.5, 0.6) is 0 Å². The number of rotatable bonds is 3. The summed E-state index contributed by atoms with van der Waals surface area (Å²) in [5.41, 5.74) is 4.74. The second-order valence-corrected chi connectivity index (χ2v) is 6.57. The predicted octanol–water partition coefficient (Wildman–Crippen LogP) is 4.98. The number of aryl methyl sites for hydroxylation is 1. The topological polar surface area (TPSA) is 55.2 Å². The molecule has 1 heterocycles. The maximum atomic E-state index is 11.4. The molecule has 0 spiro atoms. The Hall–Kier alpha value is -2.62. The zero-order chi connectivity index (χ0) is 16.7. The van der Waals surface area contributed by atoms with E-state index in [0.29, 0.717) is 11.8 Å². The molecule has 0 saturated carbocycles. The summed E-state index contributed by atoms with van der Waals surface area (Å²) < 4.78 is 0. The highest BCUT2D eigenvalue weighted by molar-refractivity contribution is 5.62. The lowest BCUT2D eigenvalue weighted by Gasteiger charge is -2.37. The molecule has 4 nitrogen and oxygen atoms in total. The smallest absolute Gasteiger partial charge is 0.274 e. The Kier molecular flexibility index (Phi) is 3.60. The molecule has 0 fully saturated rings. The highest BCUT2D eigenvalue weighted by atomic mass is 16.6. The van der Waals surface area contributed by atoms with Gasteiger partial charge in [-0.3, -0.25) is 10.1 Å². The quantitative estimate of drug-likeness (QED) is 0.493. The molecule has 4 heteroatoms. The van der Waals surface area contributed by atoms with Gasteiger partial charge < -0.3 is 5.32 Å². The molecule has 0 unspecified atom stereocenters. The molecule has 122 valence electrons. The number of fused-ring (bicyclic) bond motifs is 3. The van der Waals surface area contributed by atoms with Crippen molar-refractivity contribution in [1.82, 2.24) is 0 Å². The third-order valence-corrected chi connectivity index (χ3v) is 5.30. The number of hydrogen-bond acceptors (Lipinski definition) is 3. The van der Waals surface area contributed by atoms with E-state index in [2.05, 4.69) is 42.6 Å². The first-order valence-electron chi connectivity index (χ1n) is 8.48. The van der Waals surface area contributed by atoms with Crippen LogP contribution in [0, 0.1) is 16.0 Å². The normalized spacial score (nSPS) is 24.1. The number of allylic oxidation sites excluding steroid dienone is 2. The number of nitro groups is 1. The van der Waals surface area contributed by atoms with E-state index in [0.717, 1.165) is 24.1 Å². The van der Waals surface area contributed by atoms with Crippen molar-refractivity contribution in [1.29, 1.82) is 0 Å². The van der Waals surface area contributed by atoms with Crippen molar-refractivity contribution in [2.24, 2.45) is 5.92 Å². The number of para-hydroxylation sites is 1. The Bertz CT molecular complexity index is 828. The number of nitrogens with zero attached hydrogens (tertiary/aromatic N) is 1. The minimum atomic E-state index is -0.274. The van der Waals surface area contributed by atoms with Gasteiger partial charge >= 0.3 is 0 Å². The van der Waals surface area contributed by atoms with Gasteiger partial charge in [0.25, 0.3) is 5.69 Å². The molecule has 2 aromatic carbocycles. The molecule has 1 N–H and O–H groups in total. The van der Waals surface area contributed by atoms with Crippen molar-refractivity contribution in [3.05, 3.63) is 81.4 Å². The fraction of sp³-hybridized carbons (Fsp3) is 0.300. The second kappa shape index (κ2) is 5.78. The van der Waals surface area contributed by atoms with E-state index in [1.165, 1.54) is 11.1 Å². The Balaban J connectivity index is 1.81. The summed E-state index contributed by atoms with van der Waals surface area (Å²) in [5.74, 6) is 0.656. The van der Waals surface area contributed by atoms with Crippen LogP contribution in [0.4, 0.5) is 11.4 Å². The average molecular weight is 320 g/mol. The standard InChI is InChI=1S/C20H20N2O2/c1-2-13-10-11-18-17(12-13)14-7-5-8-15(14)20(21-18)16-6-3-4-9-19(16)22(23)24/h3-7,9-12,14-15,20-21H,2,8H2,1H3/t14-,15+,20+/m1/s1. The Labute approximate surface area is 141 Å². The van der Waals surface area contributed by atoms with Gasteiger partial charge in [-0.1, -0.05) is 49.4 Å². The lowest BCUT2D eigenvalue weighted by atomic mass is 9.76. The van der Waals surface area contributed by atoms with Crippen LogP contribution in [0.1, 0.15) is 42.0 Å². The highest BCUT2D eigenvalue weighted by Gasteiger charge is 2.40. The van der Waals surface area contributed by atoms with E-state index in [1.54, 1.807) is 12.1 Å². The molecule has 0 aromatic heterocycles. The highest BCUT2D eigenvalue weighted by Crippen LogP contribution is 2.51. The van der Waals surface area contributed by atoms with Gasteiger partial charge in [0.2, 0.25) is 0 Å². The number of benzene rings is 2. The second-order valence-electron chi connectivity index (χ2n) is 6.57. The van der Waals surface area contributed by atoms with Crippen LogP contribution in [0.2, 0.25) is 0 Å². The van der Waals surface area contributed by atoms with Crippen LogP contribution in [-0.4, -0.2) is 4.92 Å². The molecule has 0 saturated heterocycles. The van der Waals surface area contributed by atoms with Crippen molar-refractivity contribution < 1.29 is 4.92 Å². The van der Waals surface area contributed by atoms with Crippen molar-refractivity contribution >= 4 is 11.4 Å². The summed E-state index contributed by atoms with van der Waals surface area (Å²) in [6, 6.07) is 13.6. The van der Waals surface area contributed by atoms with Gasteiger partial charge in [-0.25, -0.2) is 0 Å². The molecule has 1 aliphatic carbocycles. The van der Waals surface area contributed by atoms with Crippen molar-refractivity contribution in [2.75, 3.05) is 5.32 Å². The molecular formula is C20H20N2O2. The number of hydrogen-bond donors (Lipinski definition) is 1. The third kappa shape index (κ3) is 2.30. The third-order valence-electron chi connectivity index (χ3n) is 5.30. The van der Waals surface area contributed by atoms with Gasteiger partial charge in [-0.2, -0.15) is 0 Å².